The lowest BCUT2D eigenvalue weighted by molar-refractivity contribution is -0.665. The SMILES string of the molecule is [2H]C([2H])([2H])c1c[n+](C)c(-n2c3ccc(-n4c5ccccc5c5ccccc54)cc3c3ccc(C(C)(C)C)c(C)c32)cc1C. The predicted octanol–water partition coefficient (Wildman–Crippen LogP) is 8.93. The van der Waals surface area contributed by atoms with Gasteiger partial charge in [0.25, 0.3) is 5.82 Å². The van der Waals surface area contributed by atoms with Gasteiger partial charge in [-0.25, -0.2) is 4.57 Å². The maximum Gasteiger partial charge on any atom is 0.286 e. The second-order valence-corrected chi connectivity index (χ2v) is 12.1. The highest BCUT2D eigenvalue weighted by Crippen LogP contribution is 2.40. The molecule has 7 rings (SSSR count). The summed E-state index contributed by atoms with van der Waals surface area (Å²) < 4.78 is 30.8. The van der Waals surface area contributed by atoms with Crippen molar-refractivity contribution in [2.24, 2.45) is 7.05 Å². The second-order valence-electron chi connectivity index (χ2n) is 12.1. The Balaban J connectivity index is 1.59. The number of hydrogen-bond acceptors (Lipinski definition) is 0. The Morgan fingerprint density at radius 2 is 1.32 bits per heavy atom. The Morgan fingerprint density at radius 3 is 1.98 bits per heavy atom. The zero-order valence-corrected chi connectivity index (χ0v) is 24.0. The molecule has 0 saturated heterocycles. The molecule has 0 spiro atoms. The molecule has 0 amide bonds. The molecule has 3 heteroatoms. The van der Waals surface area contributed by atoms with Crippen LogP contribution in [0.15, 0.2) is 91.1 Å². The summed E-state index contributed by atoms with van der Waals surface area (Å²) in [5.41, 5.74) is 9.35. The van der Waals surface area contributed by atoms with E-state index in [0.29, 0.717) is 5.56 Å². The van der Waals surface area contributed by atoms with E-state index in [4.69, 9.17) is 4.11 Å². The first-order chi connectivity index (χ1) is 20.4. The summed E-state index contributed by atoms with van der Waals surface area (Å²) in [7, 11) is 1.94. The van der Waals surface area contributed by atoms with E-state index < -0.39 is 6.85 Å². The average molecular weight is 526 g/mol. The molecule has 0 aliphatic rings. The maximum atomic E-state index is 8.07. The Labute approximate surface area is 240 Å². The molecule has 3 nitrogen and oxygen atoms in total. The van der Waals surface area contributed by atoms with Crippen LogP contribution in [0, 0.1) is 20.7 Å². The van der Waals surface area contributed by atoms with E-state index in [2.05, 4.69) is 116 Å². The van der Waals surface area contributed by atoms with Gasteiger partial charge in [0.1, 0.15) is 11.0 Å². The molecule has 4 aromatic carbocycles. The fourth-order valence-electron chi connectivity index (χ4n) is 6.61. The highest BCUT2D eigenvalue weighted by Gasteiger charge is 2.27. The van der Waals surface area contributed by atoms with Crippen molar-refractivity contribution in [1.82, 2.24) is 9.13 Å². The third-order valence-electron chi connectivity index (χ3n) is 8.50. The molecule has 0 unspecified atom stereocenters. The first-order valence-corrected chi connectivity index (χ1v) is 13.9. The minimum Gasteiger partial charge on any atom is -0.309 e. The molecule has 0 aliphatic heterocycles. The number of hydrogen-bond donors (Lipinski definition) is 0. The van der Waals surface area contributed by atoms with Gasteiger partial charge in [-0.2, -0.15) is 4.57 Å². The van der Waals surface area contributed by atoms with Crippen molar-refractivity contribution in [3.63, 3.8) is 0 Å². The second kappa shape index (κ2) is 8.56. The molecular formula is C37H36N3+. The molecule has 3 aromatic heterocycles. The zero-order chi connectivity index (χ0) is 30.4. The summed E-state index contributed by atoms with van der Waals surface area (Å²) in [4.78, 5) is 0. The van der Waals surface area contributed by atoms with Gasteiger partial charge in [-0.15, -0.1) is 0 Å². The first-order valence-electron chi connectivity index (χ1n) is 15.4. The summed E-state index contributed by atoms with van der Waals surface area (Å²) in [5.74, 6) is 0.935. The van der Waals surface area contributed by atoms with Crippen molar-refractivity contribution in [3.05, 3.63) is 113 Å². The minimum absolute atomic E-state index is 0.0308. The number of aromatic nitrogens is 3. The Kier molecular flexibility index (Phi) is 4.59. The van der Waals surface area contributed by atoms with Gasteiger partial charge in [-0.05, 0) is 79.2 Å². The normalized spacial score (nSPS) is 13.8. The third kappa shape index (κ3) is 3.47. The summed E-state index contributed by atoms with van der Waals surface area (Å²) in [5, 5.41) is 4.82. The van der Waals surface area contributed by atoms with Gasteiger partial charge in [-0.1, -0.05) is 63.2 Å². The van der Waals surface area contributed by atoms with Crippen LogP contribution in [0.1, 0.15) is 47.1 Å². The molecule has 3 heterocycles. The van der Waals surface area contributed by atoms with E-state index in [0.717, 1.165) is 33.5 Å². The smallest absolute Gasteiger partial charge is 0.286 e. The molecule has 0 aliphatic carbocycles. The molecule has 0 saturated carbocycles. The molecule has 0 fully saturated rings. The van der Waals surface area contributed by atoms with Gasteiger partial charge in [0.15, 0.2) is 0 Å². The van der Waals surface area contributed by atoms with E-state index in [1.54, 1.807) is 6.20 Å². The number of fused-ring (bicyclic) bond motifs is 6. The van der Waals surface area contributed by atoms with Crippen LogP contribution < -0.4 is 4.57 Å². The van der Waals surface area contributed by atoms with Gasteiger partial charge in [-0.3, -0.25) is 0 Å². The summed E-state index contributed by atoms with van der Waals surface area (Å²) in [6.07, 6.45) is 1.77. The summed E-state index contributed by atoms with van der Waals surface area (Å²) in [6, 6.07) is 30.5. The molecule has 0 radical (unpaired) electrons. The summed E-state index contributed by atoms with van der Waals surface area (Å²) in [6.45, 7) is 8.70. The Bertz CT molecular complexity index is 2190. The minimum atomic E-state index is -2.17. The zero-order valence-electron chi connectivity index (χ0n) is 27.0. The molecule has 0 atom stereocenters. The molecule has 40 heavy (non-hydrogen) atoms. The van der Waals surface area contributed by atoms with Crippen LogP contribution in [-0.2, 0) is 12.5 Å². The molecule has 198 valence electrons. The summed E-state index contributed by atoms with van der Waals surface area (Å²) >= 11 is 0. The quantitative estimate of drug-likeness (QED) is 0.200. The number of benzene rings is 4. The monoisotopic (exact) mass is 525 g/mol. The van der Waals surface area contributed by atoms with E-state index in [1.165, 1.54) is 38.3 Å². The Hall–Kier alpha value is -4.37. The van der Waals surface area contributed by atoms with Crippen LogP contribution >= 0.6 is 0 Å². The lowest BCUT2D eigenvalue weighted by Crippen LogP contribution is -2.34. The average Bonchev–Trinajstić information content (AvgIpc) is 3.46. The van der Waals surface area contributed by atoms with Gasteiger partial charge in [0.2, 0.25) is 0 Å². The lowest BCUT2D eigenvalue weighted by Gasteiger charge is -2.21. The number of aryl methyl sites for hydroxylation is 4. The van der Waals surface area contributed by atoms with E-state index in [9.17, 15) is 0 Å². The van der Waals surface area contributed by atoms with Crippen LogP contribution in [0.2, 0.25) is 0 Å². The van der Waals surface area contributed by atoms with E-state index in [1.807, 2.05) is 24.6 Å². The van der Waals surface area contributed by atoms with Crippen LogP contribution in [-0.4, -0.2) is 9.13 Å². The van der Waals surface area contributed by atoms with Gasteiger partial charge < -0.3 is 4.57 Å². The van der Waals surface area contributed by atoms with Gasteiger partial charge in [0, 0.05) is 43.0 Å². The van der Waals surface area contributed by atoms with Crippen LogP contribution in [0.4, 0.5) is 0 Å². The van der Waals surface area contributed by atoms with Gasteiger partial charge in [0.05, 0.1) is 24.3 Å². The van der Waals surface area contributed by atoms with Crippen LogP contribution in [0.3, 0.4) is 0 Å². The highest BCUT2D eigenvalue weighted by molar-refractivity contribution is 6.12. The van der Waals surface area contributed by atoms with E-state index in [-0.39, 0.29) is 5.41 Å². The fraction of sp³-hybridized carbons (Fsp3) is 0.216. The molecule has 7 aromatic rings. The van der Waals surface area contributed by atoms with Gasteiger partial charge >= 0.3 is 0 Å². The largest absolute Gasteiger partial charge is 0.309 e. The van der Waals surface area contributed by atoms with Crippen molar-refractivity contribution in [1.29, 1.82) is 0 Å². The highest BCUT2D eigenvalue weighted by atomic mass is 15.1. The van der Waals surface area contributed by atoms with E-state index >= 15 is 0 Å². The number of para-hydroxylation sites is 2. The standard InChI is InChI=1S/C37H36N3/c1-23-20-35(38(7)22-24(23)2)40-34-19-16-26(21-30(34)29-17-18-31(37(4,5)6)25(3)36(29)40)39-32-14-10-8-12-27(32)28-13-9-11-15-33(28)39/h8-22H,1-7H3/q+1/i2D3. The number of rotatable bonds is 2. The fourth-order valence-corrected chi connectivity index (χ4v) is 6.61. The number of nitrogens with zero attached hydrogens (tertiary/aromatic N) is 3. The molecular weight excluding hydrogens is 486 g/mol. The third-order valence-corrected chi connectivity index (χ3v) is 8.50. The predicted molar refractivity (Wildman–Crippen MR) is 169 cm³/mol. The maximum absolute atomic E-state index is 8.07. The Morgan fingerprint density at radius 1 is 0.675 bits per heavy atom. The van der Waals surface area contributed by atoms with Crippen molar-refractivity contribution in [2.75, 3.05) is 0 Å². The van der Waals surface area contributed by atoms with Crippen LogP contribution in [0.5, 0.6) is 0 Å². The first kappa shape index (κ1) is 21.5. The van der Waals surface area contributed by atoms with Crippen LogP contribution in [0.25, 0.3) is 55.1 Å². The van der Waals surface area contributed by atoms with Crippen molar-refractivity contribution >= 4 is 43.6 Å². The molecule has 0 bridgehead atoms. The topological polar surface area (TPSA) is 13.7 Å². The van der Waals surface area contributed by atoms with Crippen molar-refractivity contribution < 1.29 is 8.68 Å². The molecule has 0 N–H and O–H groups in total. The lowest BCUT2D eigenvalue weighted by atomic mass is 9.83. The van der Waals surface area contributed by atoms with Crippen molar-refractivity contribution in [3.8, 4) is 11.5 Å². The number of pyridine rings is 1. The van der Waals surface area contributed by atoms with Crippen molar-refractivity contribution in [2.45, 2.75) is 46.9 Å².